The number of carboxylic acids is 1. The second-order valence-corrected chi connectivity index (χ2v) is 15.8. The van der Waals surface area contributed by atoms with Crippen molar-refractivity contribution in [3.05, 3.63) is 52.6 Å². The van der Waals surface area contributed by atoms with E-state index in [0.29, 0.717) is 53.4 Å². The molecule has 0 spiro atoms. The van der Waals surface area contributed by atoms with Gasteiger partial charge in [-0.15, -0.1) is 0 Å². The van der Waals surface area contributed by atoms with Crippen LogP contribution in [0.25, 0.3) is 0 Å². The molecule has 1 amide bonds. The number of ether oxygens (including phenoxy) is 1. The molecule has 8 atom stereocenters. The van der Waals surface area contributed by atoms with Gasteiger partial charge in [0.1, 0.15) is 5.75 Å². The van der Waals surface area contributed by atoms with E-state index in [4.69, 9.17) is 8.92 Å². The summed E-state index contributed by atoms with van der Waals surface area (Å²) >= 11 is 0. The molecule has 0 aromatic heterocycles. The molecule has 5 rings (SSSR count). The maximum atomic E-state index is 12.9. The number of carbonyl (C=O) groups is 2. The quantitative estimate of drug-likeness (QED) is 0.129. The number of carbonyl (C=O) groups excluding carboxylic acids is 1. The third-order valence-corrected chi connectivity index (χ3v) is 12.9. The van der Waals surface area contributed by atoms with E-state index in [1.165, 1.54) is 6.42 Å². The first kappa shape index (κ1) is 34.6. The molecule has 10 heteroatoms. The fourth-order valence-electron chi connectivity index (χ4n) is 9.85. The summed E-state index contributed by atoms with van der Waals surface area (Å²) in [6, 6.07) is 5.52. The summed E-state index contributed by atoms with van der Waals surface area (Å²) in [6.07, 6.45) is 12.3. The van der Waals surface area contributed by atoms with Crippen LogP contribution in [0.5, 0.6) is 5.75 Å². The minimum absolute atomic E-state index is 0.139. The van der Waals surface area contributed by atoms with Crippen molar-refractivity contribution in [1.29, 1.82) is 0 Å². The third kappa shape index (κ3) is 6.95. The molecule has 4 aliphatic rings. The summed E-state index contributed by atoms with van der Waals surface area (Å²) in [7, 11) is -2.89. The number of hydrogen-bond acceptors (Lipinski definition) is 6. The first-order valence-corrected chi connectivity index (χ1v) is 18.2. The van der Waals surface area contributed by atoms with Crippen molar-refractivity contribution in [2.24, 2.45) is 34.5 Å². The van der Waals surface area contributed by atoms with Crippen LogP contribution in [0.3, 0.4) is 0 Å². The Balaban J connectivity index is 1.20. The average molecular weight is 658 g/mol. The number of benzene rings is 1. The van der Waals surface area contributed by atoms with Crippen molar-refractivity contribution >= 4 is 22.3 Å². The first-order valence-electron chi connectivity index (χ1n) is 16.9. The van der Waals surface area contributed by atoms with Crippen LogP contribution in [0, 0.1) is 34.5 Å². The van der Waals surface area contributed by atoms with Gasteiger partial charge in [0.15, 0.2) is 6.04 Å². The highest BCUT2D eigenvalue weighted by atomic mass is 32.3. The zero-order valence-electron chi connectivity index (χ0n) is 27.9. The summed E-state index contributed by atoms with van der Waals surface area (Å²) in [4.78, 5) is 24.9. The number of fused-ring (bicyclic) bond motifs is 4. The van der Waals surface area contributed by atoms with Crippen molar-refractivity contribution in [1.82, 2.24) is 5.32 Å². The molecule has 9 nitrogen and oxygen atoms in total. The SMILES string of the molecule is COc1ccc([C@H](NC(=O)/C(C)=C/CC[C@@H](C)[C@H]2CCC3=C4CCC5C[C@@H](OS(=O)(=O)O)CC[C@]5(C)[C@H]4CC[C@@]32C)C(=O)O)cc1. The smallest absolute Gasteiger partial charge is 0.397 e. The van der Waals surface area contributed by atoms with Gasteiger partial charge in [0.05, 0.1) is 13.2 Å². The minimum atomic E-state index is -4.43. The van der Waals surface area contributed by atoms with E-state index in [1.807, 2.05) is 6.08 Å². The van der Waals surface area contributed by atoms with Crippen molar-refractivity contribution in [3.63, 3.8) is 0 Å². The van der Waals surface area contributed by atoms with Crippen LogP contribution in [-0.2, 0) is 24.2 Å². The zero-order valence-corrected chi connectivity index (χ0v) is 28.7. The number of allylic oxidation sites excluding steroid dienone is 3. The van der Waals surface area contributed by atoms with Gasteiger partial charge in [0.2, 0.25) is 5.91 Å². The van der Waals surface area contributed by atoms with Gasteiger partial charge in [0.25, 0.3) is 0 Å². The Kier molecular flexibility index (Phi) is 10.1. The molecule has 1 aromatic rings. The molecular formula is C36H51NO8S. The highest BCUT2D eigenvalue weighted by Crippen LogP contribution is 2.66. The van der Waals surface area contributed by atoms with E-state index < -0.39 is 28.5 Å². The van der Waals surface area contributed by atoms with Crippen LogP contribution in [0.2, 0.25) is 0 Å². The van der Waals surface area contributed by atoms with E-state index >= 15 is 0 Å². The lowest BCUT2D eigenvalue weighted by Gasteiger charge is -2.57. The summed E-state index contributed by atoms with van der Waals surface area (Å²) in [5.74, 6) is 1.12. The number of carboxylic acid groups (broad SMARTS) is 1. The highest BCUT2D eigenvalue weighted by Gasteiger charge is 2.56. The van der Waals surface area contributed by atoms with Gasteiger partial charge in [-0.2, -0.15) is 8.42 Å². The van der Waals surface area contributed by atoms with Crippen LogP contribution >= 0.6 is 0 Å². The molecule has 3 N–H and O–H groups in total. The highest BCUT2D eigenvalue weighted by molar-refractivity contribution is 7.80. The second-order valence-electron chi connectivity index (χ2n) is 14.8. The van der Waals surface area contributed by atoms with Crippen molar-refractivity contribution < 1.29 is 36.6 Å². The van der Waals surface area contributed by atoms with Gasteiger partial charge in [-0.25, -0.2) is 8.98 Å². The summed E-state index contributed by atoms with van der Waals surface area (Å²) < 4.78 is 42.1. The second kappa shape index (κ2) is 13.4. The van der Waals surface area contributed by atoms with E-state index in [-0.39, 0.29) is 16.7 Å². The number of aliphatic carboxylic acids is 1. The molecule has 0 saturated heterocycles. The summed E-state index contributed by atoms with van der Waals surface area (Å²) in [5.41, 5.74) is 4.69. The van der Waals surface area contributed by atoms with Crippen molar-refractivity contribution in [2.45, 2.75) is 110 Å². The fraction of sp³-hybridized carbons (Fsp3) is 0.667. The molecule has 0 heterocycles. The number of hydrogen-bond donors (Lipinski definition) is 3. The molecule has 0 aliphatic heterocycles. The van der Waals surface area contributed by atoms with Crippen LogP contribution in [0.4, 0.5) is 0 Å². The van der Waals surface area contributed by atoms with Crippen molar-refractivity contribution in [3.8, 4) is 5.75 Å². The predicted octanol–water partition coefficient (Wildman–Crippen LogP) is 7.21. The minimum Gasteiger partial charge on any atom is -0.497 e. The third-order valence-electron chi connectivity index (χ3n) is 12.4. The maximum absolute atomic E-state index is 12.9. The Hall–Kier alpha value is -2.69. The first-order chi connectivity index (χ1) is 21.7. The molecule has 254 valence electrons. The average Bonchev–Trinajstić information content (AvgIpc) is 3.36. The molecule has 1 unspecified atom stereocenters. The van der Waals surface area contributed by atoms with Crippen LogP contribution in [0.15, 0.2) is 47.1 Å². The van der Waals surface area contributed by atoms with Gasteiger partial charge in [-0.1, -0.05) is 50.1 Å². The van der Waals surface area contributed by atoms with Crippen LogP contribution in [-0.4, -0.2) is 43.2 Å². The topological polar surface area (TPSA) is 139 Å². The summed E-state index contributed by atoms with van der Waals surface area (Å²) in [5, 5.41) is 12.4. The molecule has 0 bridgehead atoms. The van der Waals surface area contributed by atoms with E-state index in [9.17, 15) is 27.7 Å². The maximum Gasteiger partial charge on any atom is 0.397 e. The molecular weight excluding hydrogens is 606 g/mol. The lowest BCUT2D eigenvalue weighted by Crippen LogP contribution is -2.48. The van der Waals surface area contributed by atoms with Crippen LogP contribution in [0.1, 0.15) is 110 Å². The van der Waals surface area contributed by atoms with Gasteiger partial charge in [0, 0.05) is 5.57 Å². The van der Waals surface area contributed by atoms with Gasteiger partial charge >= 0.3 is 16.4 Å². The van der Waals surface area contributed by atoms with Gasteiger partial charge in [-0.3, -0.25) is 9.35 Å². The molecule has 4 aliphatic carbocycles. The standard InChI is InChI=1S/C36H51NO8S/c1-22(7-6-8-23(2)33(38)37-32(34(39)40)24-9-12-26(44-5)13-10-24)29-15-16-30-28-14-11-25-21-27(45-46(41,42)43)17-19-35(25,3)31(28)18-20-36(29,30)4/h8-10,12-13,22,25,27,29,31-32H,6-7,11,14-21H2,1-5H3,(H,37,38)(H,39,40)(H,41,42,43)/b23-8+/t22-,25?,27+,29-,31+,32+,35+,36-/m1/s1. The predicted molar refractivity (Wildman–Crippen MR) is 175 cm³/mol. The lowest BCUT2D eigenvalue weighted by molar-refractivity contribution is -0.141. The van der Waals surface area contributed by atoms with Gasteiger partial charge in [-0.05, 0) is 130 Å². The summed E-state index contributed by atoms with van der Waals surface area (Å²) in [6.45, 7) is 8.97. The number of methoxy groups -OCH3 is 1. The number of nitrogens with one attached hydrogen (secondary N) is 1. The number of rotatable bonds is 11. The molecule has 0 radical (unpaired) electrons. The zero-order chi connectivity index (χ0) is 33.4. The monoisotopic (exact) mass is 657 g/mol. The Morgan fingerprint density at radius 1 is 1.09 bits per heavy atom. The Morgan fingerprint density at radius 3 is 2.46 bits per heavy atom. The molecule has 3 saturated carbocycles. The fourth-order valence-corrected chi connectivity index (χ4v) is 10.4. The van der Waals surface area contributed by atoms with E-state index in [2.05, 4.69) is 26.1 Å². The van der Waals surface area contributed by atoms with Gasteiger partial charge < -0.3 is 15.2 Å². The Labute approximate surface area is 274 Å². The lowest BCUT2D eigenvalue weighted by atomic mass is 9.49. The molecule has 46 heavy (non-hydrogen) atoms. The van der Waals surface area contributed by atoms with E-state index in [0.717, 1.165) is 51.4 Å². The number of amides is 1. The van der Waals surface area contributed by atoms with Crippen LogP contribution < -0.4 is 10.1 Å². The van der Waals surface area contributed by atoms with Crippen molar-refractivity contribution in [2.75, 3.05) is 7.11 Å². The van der Waals surface area contributed by atoms with E-state index in [1.54, 1.807) is 49.4 Å². The normalized spacial score (nSPS) is 32.5. The molecule has 1 aromatic carbocycles. The largest absolute Gasteiger partial charge is 0.497 e. The molecule has 3 fully saturated rings. The Morgan fingerprint density at radius 2 is 1.80 bits per heavy atom. The Bertz CT molecular complexity index is 1480.